The molecule has 0 aromatic heterocycles. The lowest BCUT2D eigenvalue weighted by atomic mass is 10.0. The Morgan fingerprint density at radius 3 is 2.39 bits per heavy atom. The van der Waals surface area contributed by atoms with Gasteiger partial charge in [-0.05, 0) is 31.5 Å². The van der Waals surface area contributed by atoms with Crippen molar-refractivity contribution in [3.05, 3.63) is 35.9 Å². The Morgan fingerprint density at radius 1 is 1.17 bits per heavy atom. The Balaban J connectivity index is 2.68. The van der Waals surface area contributed by atoms with E-state index in [4.69, 9.17) is 0 Å². The predicted molar refractivity (Wildman–Crippen MR) is 79.8 cm³/mol. The van der Waals surface area contributed by atoms with Crippen molar-refractivity contribution in [3.8, 4) is 0 Å². The van der Waals surface area contributed by atoms with Crippen molar-refractivity contribution in [2.45, 2.75) is 33.2 Å². The first-order valence-corrected chi connectivity index (χ1v) is 7.11. The average Bonchev–Trinajstić information content (AvgIpc) is 2.35. The molecule has 0 aliphatic carbocycles. The monoisotopic (exact) mass is 248 g/mol. The lowest BCUT2D eigenvalue weighted by molar-refractivity contribution is 0.214. The maximum atomic E-state index is 3.55. The minimum absolute atomic E-state index is 0.472. The molecule has 18 heavy (non-hydrogen) atoms. The summed E-state index contributed by atoms with van der Waals surface area (Å²) in [6.45, 7) is 10.0. The zero-order chi connectivity index (χ0) is 13.4. The van der Waals surface area contributed by atoms with Gasteiger partial charge in [0.05, 0.1) is 0 Å². The largest absolute Gasteiger partial charge is 0.315 e. The van der Waals surface area contributed by atoms with Gasteiger partial charge in [0.1, 0.15) is 0 Å². The molecule has 102 valence electrons. The van der Waals surface area contributed by atoms with Crippen molar-refractivity contribution in [1.82, 2.24) is 10.2 Å². The summed E-state index contributed by atoms with van der Waals surface area (Å²) in [6.07, 6.45) is 1.19. The van der Waals surface area contributed by atoms with Crippen LogP contribution in [0.5, 0.6) is 0 Å². The van der Waals surface area contributed by atoms with Gasteiger partial charge in [-0.15, -0.1) is 0 Å². The predicted octanol–water partition coefficient (Wildman–Crippen LogP) is 3.32. The number of nitrogens with one attached hydrogen (secondary N) is 1. The van der Waals surface area contributed by atoms with E-state index in [1.165, 1.54) is 12.0 Å². The number of hydrogen-bond donors (Lipinski definition) is 1. The molecule has 0 aliphatic heterocycles. The van der Waals surface area contributed by atoms with Gasteiger partial charge in [0.2, 0.25) is 0 Å². The molecule has 0 saturated heterocycles. The van der Waals surface area contributed by atoms with Gasteiger partial charge >= 0.3 is 0 Å². The average molecular weight is 248 g/mol. The second-order valence-electron chi connectivity index (χ2n) is 5.46. The summed E-state index contributed by atoms with van der Waals surface area (Å²) in [6, 6.07) is 11.3. The topological polar surface area (TPSA) is 15.3 Å². The van der Waals surface area contributed by atoms with Gasteiger partial charge in [0, 0.05) is 19.1 Å². The van der Waals surface area contributed by atoms with Crippen molar-refractivity contribution >= 4 is 0 Å². The zero-order valence-electron chi connectivity index (χ0n) is 12.3. The highest BCUT2D eigenvalue weighted by Crippen LogP contribution is 2.19. The Kier molecular flexibility index (Phi) is 6.99. The number of hydrogen-bond acceptors (Lipinski definition) is 2. The van der Waals surface area contributed by atoms with Gasteiger partial charge < -0.3 is 5.32 Å². The summed E-state index contributed by atoms with van der Waals surface area (Å²) < 4.78 is 0. The van der Waals surface area contributed by atoms with E-state index in [2.05, 4.69) is 68.4 Å². The van der Waals surface area contributed by atoms with Crippen LogP contribution in [0.1, 0.15) is 38.8 Å². The molecule has 0 spiro atoms. The highest BCUT2D eigenvalue weighted by molar-refractivity contribution is 5.19. The molecule has 0 aliphatic rings. The van der Waals surface area contributed by atoms with Crippen molar-refractivity contribution in [2.24, 2.45) is 5.92 Å². The minimum atomic E-state index is 0.472. The first kappa shape index (κ1) is 15.2. The Hall–Kier alpha value is -0.860. The van der Waals surface area contributed by atoms with Crippen molar-refractivity contribution < 1.29 is 0 Å². The zero-order valence-corrected chi connectivity index (χ0v) is 12.3. The molecule has 1 aromatic rings. The smallest absolute Gasteiger partial charge is 0.0469 e. The molecule has 0 heterocycles. The van der Waals surface area contributed by atoms with Gasteiger partial charge in [-0.3, -0.25) is 4.90 Å². The van der Waals surface area contributed by atoms with Gasteiger partial charge in [-0.2, -0.15) is 0 Å². The van der Waals surface area contributed by atoms with E-state index in [-0.39, 0.29) is 0 Å². The fourth-order valence-electron chi connectivity index (χ4n) is 2.32. The maximum Gasteiger partial charge on any atom is 0.0469 e. The fourth-order valence-corrected chi connectivity index (χ4v) is 2.32. The van der Waals surface area contributed by atoms with Gasteiger partial charge in [0.25, 0.3) is 0 Å². The lowest BCUT2D eigenvalue weighted by Crippen LogP contribution is -2.35. The third-order valence-electron chi connectivity index (χ3n) is 3.13. The molecular weight excluding hydrogens is 220 g/mol. The Labute approximate surface area is 112 Å². The molecule has 2 heteroatoms. The van der Waals surface area contributed by atoms with E-state index in [0.29, 0.717) is 12.0 Å². The van der Waals surface area contributed by atoms with Gasteiger partial charge in [-0.25, -0.2) is 0 Å². The molecule has 0 bridgehead atoms. The second-order valence-corrected chi connectivity index (χ2v) is 5.46. The molecule has 2 nitrogen and oxygen atoms in total. The highest BCUT2D eigenvalue weighted by atomic mass is 15.1. The standard InChI is InChI=1S/C16H28N2/c1-5-11-17-12-16(18(4)13-14(2)3)15-9-7-6-8-10-15/h6-10,14,16-17H,5,11-13H2,1-4H3. The van der Waals surface area contributed by atoms with E-state index in [1.54, 1.807) is 0 Å². The summed E-state index contributed by atoms with van der Waals surface area (Å²) in [5.74, 6) is 0.701. The molecule has 0 fully saturated rings. The molecule has 1 aromatic carbocycles. The molecule has 0 radical (unpaired) electrons. The first-order valence-electron chi connectivity index (χ1n) is 7.11. The van der Waals surface area contributed by atoms with Crippen LogP contribution in [0.4, 0.5) is 0 Å². The number of nitrogens with zero attached hydrogens (tertiary/aromatic N) is 1. The molecule has 1 N–H and O–H groups in total. The quantitative estimate of drug-likeness (QED) is 0.710. The summed E-state index contributed by atoms with van der Waals surface area (Å²) >= 11 is 0. The normalized spacial score (nSPS) is 13.2. The summed E-state index contributed by atoms with van der Waals surface area (Å²) in [4.78, 5) is 2.46. The van der Waals surface area contributed by atoms with Crippen LogP contribution in [0, 0.1) is 5.92 Å². The van der Waals surface area contributed by atoms with Crippen LogP contribution in [-0.4, -0.2) is 31.6 Å². The molecule has 0 saturated carbocycles. The van der Waals surface area contributed by atoms with E-state index in [0.717, 1.165) is 19.6 Å². The summed E-state index contributed by atoms with van der Waals surface area (Å²) in [5.41, 5.74) is 1.41. The van der Waals surface area contributed by atoms with Gasteiger partial charge in [0.15, 0.2) is 0 Å². The molecule has 1 atom stereocenters. The highest BCUT2D eigenvalue weighted by Gasteiger charge is 2.16. The summed E-state index contributed by atoms with van der Waals surface area (Å²) in [7, 11) is 2.23. The molecule has 1 rings (SSSR count). The third-order valence-corrected chi connectivity index (χ3v) is 3.13. The fraction of sp³-hybridized carbons (Fsp3) is 0.625. The van der Waals surface area contributed by atoms with Crippen LogP contribution in [0.2, 0.25) is 0 Å². The summed E-state index contributed by atoms with van der Waals surface area (Å²) in [5, 5.41) is 3.55. The van der Waals surface area contributed by atoms with Crippen LogP contribution >= 0.6 is 0 Å². The Bertz CT molecular complexity index is 308. The van der Waals surface area contributed by atoms with E-state index < -0.39 is 0 Å². The van der Waals surface area contributed by atoms with Crippen LogP contribution in [-0.2, 0) is 0 Å². The molecule has 1 unspecified atom stereocenters. The molecular formula is C16H28N2. The van der Waals surface area contributed by atoms with Crippen LogP contribution in [0.25, 0.3) is 0 Å². The Morgan fingerprint density at radius 2 is 1.83 bits per heavy atom. The SMILES string of the molecule is CCCNCC(c1ccccc1)N(C)CC(C)C. The number of benzene rings is 1. The lowest BCUT2D eigenvalue weighted by Gasteiger charge is -2.30. The van der Waals surface area contributed by atoms with Crippen LogP contribution < -0.4 is 5.32 Å². The van der Waals surface area contributed by atoms with E-state index in [9.17, 15) is 0 Å². The number of likely N-dealkylation sites (N-methyl/N-ethyl adjacent to an activating group) is 1. The third kappa shape index (κ3) is 5.19. The first-order chi connectivity index (χ1) is 8.65. The molecule has 0 amide bonds. The van der Waals surface area contributed by atoms with Crippen molar-refractivity contribution in [2.75, 3.05) is 26.7 Å². The second kappa shape index (κ2) is 8.28. The van der Waals surface area contributed by atoms with E-state index >= 15 is 0 Å². The van der Waals surface area contributed by atoms with Crippen molar-refractivity contribution in [3.63, 3.8) is 0 Å². The number of rotatable bonds is 8. The van der Waals surface area contributed by atoms with Crippen LogP contribution in [0.15, 0.2) is 30.3 Å². The van der Waals surface area contributed by atoms with Crippen molar-refractivity contribution in [1.29, 1.82) is 0 Å². The minimum Gasteiger partial charge on any atom is -0.315 e. The van der Waals surface area contributed by atoms with Gasteiger partial charge in [-0.1, -0.05) is 51.1 Å². The maximum absolute atomic E-state index is 3.55. The van der Waals surface area contributed by atoms with Crippen LogP contribution in [0.3, 0.4) is 0 Å². The van der Waals surface area contributed by atoms with E-state index in [1.807, 2.05) is 0 Å².